The molecule has 0 aliphatic rings. The Morgan fingerprint density at radius 3 is 2.70 bits per heavy atom. The zero-order valence-corrected chi connectivity index (χ0v) is 11.7. The minimum atomic E-state index is -0.524. The Morgan fingerprint density at radius 1 is 1.30 bits per heavy atom. The molecule has 2 rings (SSSR count). The summed E-state index contributed by atoms with van der Waals surface area (Å²) in [5.41, 5.74) is 0.478. The molecule has 0 fully saturated rings. The molecule has 0 atom stereocenters. The molecule has 0 aliphatic heterocycles. The highest BCUT2D eigenvalue weighted by atomic mass is 32.1. The molecule has 0 spiro atoms. The van der Waals surface area contributed by atoms with Crippen LogP contribution >= 0.6 is 11.3 Å². The first-order chi connectivity index (χ1) is 9.51. The van der Waals surface area contributed by atoms with E-state index in [0.29, 0.717) is 10.6 Å². The predicted molar refractivity (Wildman–Crippen MR) is 74.7 cm³/mol. The molecule has 1 heterocycles. The first-order valence-corrected chi connectivity index (χ1v) is 6.58. The SMILES string of the molecule is COC(=O)c1cc(C)sc1NC(=O)c1cccc(F)c1. The van der Waals surface area contributed by atoms with Crippen LogP contribution in [0.4, 0.5) is 9.39 Å². The Kier molecular flexibility index (Phi) is 4.14. The molecule has 1 N–H and O–H groups in total. The first-order valence-electron chi connectivity index (χ1n) is 5.77. The molecule has 20 heavy (non-hydrogen) atoms. The van der Waals surface area contributed by atoms with Gasteiger partial charge in [-0.3, -0.25) is 4.79 Å². The maximum Gasteiger partial charge on any atom is 0.340 e. The van der Waals surface area contributed by atoms with Gasteiger partial charge in [-0.1, -0.05) is 6.07 Å². The summed E-state index contributed by atoms with van der Waals surface area (Å²) in [7, 11) is 1.27. The number of hydrogen-bond acceptors (Lipinski definition) is 4. The van der Waals surface area contributed by atoms with Gasteiger partial charge in [-0.25, -0.2) is 9.18 Å². The predicted octanol–water partition coefficient (Wildman–Crippen LogP) is 3.23. The van der Waals surface area contributed by atoms with Crippen LogP contribution in [0.5, 0.6) is 0 Å². The maximum atomic E-state index is 13.1. The molecule has 2 aromatic rings. The van der Waals surface area contributed by atoms with Gasteiger partial charge in [0.1, 0.15) is 10.8 Å². The summed E-state index contributed by atoms with van der Waals surface area (Å²) in [6.07, 6.45) is 0. The number of rotatable bonds is 3. The van der Waals surface area contributed by atoms with Crippen LogP contribution in [0.25, 0.3) is 0 Å². The van der Waals surface area contributed by atoms with Crippen LogP contribution in [0.15, 0.2) is 30.3 Å². The van der Waals surface area contributed by atoms with E-state index in [2.05, 4.69) is 10.1 Å². The third-order valence-corrected chi connectivity index (χ3v) is 3.54. The number of aryl methyl sites for hydroxylation is 1. The van der Waals surface area contributed by atoms with Crippen molar-refractivity contribution in [1.82, 2.24) is 0 Å². The minimum absolute atomic E-state index is 0.187. The standard InChI is InChI=1S/C14H12FNO3S/c1-8-6-11(14(18)19-2)13(20-8)16-12(17)9-4-3-5-10(15)7-9/h3-7H,1-2H3,(H,16,17). The number of amides is 1. The van der Waals surface area contributed by atoms with Crippen LogP contribution in [-0.4, -0.2) is 19.0 Å². The fourth-order valence-electron chi connectivity index (χ4n) is 1.67. The molecular weight excluding hydrogens is 281 g/mol. The van der Waals surface area contributed by atoms with Gasteiger partial charge in [-0.05, 0) is 31.2 Å². The number of hydrogen-bond donors (Lipinski definition) is 1. The van der Waals surface area contributed by atoms with Gasteiger partial charge in [0, 0.05) is 10.4 Å². The molecule has 0 aliphatic carbocycles. The molecule has 1 aromatic carbocycles. The summed E-state index contributed by atoms with van der Waals surface area (Å²) >= 11 is 1.26. The Balaban J connectivity index is 2.26. The number of esters is 1. The smallest absolute Gasteiger partial charge is 0.340 e. The second-order valence-corrected chi connectivity index (χ2v) is 5.31. The van der Waals surface area contributed by atoms with Crippen molar-refractivity contribution in [2.75, 3.05) is 12.4 Å². The molecule has 1 amide bonds. The molecule has 104 valence electrons. The van der Waals surface area contributed by atoms with Crippen LogP contribution in [0.1, 0.15) is 25.6 Å². The van der Waals surface area contributed by atoms with Crippen molar-refractivity contribution in [1.29, 1.82) is 0 Å². The van der Waals surface area contributed by atoms with Crippen molar-refractivity contribution in [3.8, 4) is 0 Å². The van der Waals surface area contributed by atoms with Crippen molar-refractivity contribution in [2.45, 2.75) is 6.92 Å². The molecule has 0 bridgehead atoms. The molecule has 0 saturated carbocycles. The Labute approximate surface area is 119 Å². The fourth-order valence-corrected chi connectivity index (χ4v) is 2.57. The van der Waals surface area contributed by atoms with Crippen LogP contribution < -0.4 is 5.32 Å². The van der Waals surface area contributed by atoms with Crippen molar-refractivity contribution in [3.05, 3.63) is 52.2 Å². The van der Waals surface area contributed by atoms with Gasteiger partial charge in [-0.2, -0.15) is 0 Å². The van der Waals surface area contributed by atoms with Gasteiger partial charge in [0.2, 0.25) is 0 Å². The molecule has 0 saturated heterocycles. The number of carbonyl (C=O) groups is 2. The van der Waals surface area contributed by atoms with Gasteiger partial charge in [0.05, 0.1) is 12.7 Å². The molecular formula is C14H12FNO3S. The van der Waals surface area contributed by atoms with E-state index >= 15 is 0 Å². The number of benzene rings is 1. The van der Waals surface area contributed by atoms with Crippen molar-refractivity contribution >= 4 is 28.2 Å². The summed E-state index contributed by atoms with van der Waals surface area (Å²) in [6, 6.07) is 6.97. The molecule has 4 nitrogen and oxygen atoms in total. The summed E-state index contributed by atoms with van der Waals surface area (Å²) in [4.78, 5) is 24.5. The third kappa shape index (κ3) is 3.03. The monoisotopic (exact) mass is 293 g/mol. The highest BCUT2D eigenvalue weighted by molar-refractivity contribution is 7.16. The lowest BCUT2D eigenvalue weighted by Crippen LogP contribution is -2.13. The van der Waals surface area contributed by atoms with E-state index in [0.717, 1.165) is 10.9 Å². The van der Waals surface area contributed by atoms with Gasteiger partial charge < -0.3 is 10.1 Å². The second kappa shape index (κ2) is 5.83. The molecule has 0 unspecified atom stereocenters. The topological polar surface area (TPSA) is 55.4 Å². The zero-order chi connectivity index (χ0) is 14.7. The van der Waals surface area contributed by atoms with Crippen molar-refractivity contribution in [3.63, 3.8) is 0 Å². The van der Waals surface area contributed by atoms with Crippen LogP contribution in [0.2, 0.25) is 0 Å². The van der Waals surface area contributed by atoms with Crippen LogP contribution in [-0.2, 0) is 4.74 Å². The lowest BCUT2D eigenvalue weighted by molar-refractivity contribution is 0.0602. The number of carbonyl (C=O) groups excluding carboxylic acids is 2. The van der Waals surface area contributed by atoms with E-state index in [-0.39, 0.29) is 5.56 Å². The fraction of sp³-hybridized carbons (Fsp3) is 0.143. The number of thiophene rings is 1. The minimum Gasteiger partial charge on any atom is -0.465 e. The summed E-state index contributed by atoms with van der Waals surface area (Å²) in [6.45, 7) is 1.81. The normalized spacial score (nSPS) is 10.2. The number of halogens is 1. The highest BCUT2D eigenvalue weighted by Gasteiger charge is 2.18. The van der Waals surface area contributed by atoms with Gasteiger partial charge >= 0.3 is 5.97 Å². The summed E-state index contributed by atoms with van der Waals surface area (Å²) < 4.78 is 17.7. The zero-order valence-electron chi connectivity index (χ0n) is 10.9. The average Bonchev–Trinajstić information content (AvgIpc) is 2.78. The summed E-state index contributed by atoms with van der Waals surface area (Å²) in [5.74, 6) is -1.49. The van der Waals surface area contributed by atoms with Gasteiger partial charge in [0.15, 0.2) is 0 Å². The summed E-state index contributed by atoms with van der Waals surface area (Å²) in [5, 5.41) is 2.99. The Morgan fingerprint density at radius 2 is 2.05 bits per heavy atom. The molecule has 1 aromatic heterocycles. The Hall–Kier alpha value is -2.21. The quantitative estimate of drug-likeness (QED) is 0.884. The largest absolute Gasteiger partial charge is 0.465 e. The van der Waals surface area contributed by atoms with Crippen molar-refractivity contribution in [2.24, 2.45) is 0 Å². The third-order valence-electron chi connectivity index (χ3n) is 2.57. The van der Waals surface area contributed by atoms with Crippen molar-refractivity contribution < 1.29 is 18.7 Å². The number of ether oxygens (including phenoxy) is 1. The lowest BCUT2D eigenvalue weighted by atomic mass is 10.2. The van der Waals surface area contributed by atoms with E-state index in [1.165, 1.54) is 36.6 Å². The lowest BCUT2D eigenvalue weighted by Gasteiger charge is -2.05. The van der Waals surface area contributed by atoms with E-state index in [4.69, 9.17) is 0 Å². The first kappa shape index (κ1) is 14.2. The molecule has 0 radical (unpaired) electrons. The second-order valence-electron chi connectivity index (χ2n) is 4.06. The number of anilines is 1. The van der Waals surface area contributed by atoms with E-state index < -0.39 is 17.7 Å². The molecule has 6 heteroatoms. The number of nitrogens with one attached hydrogen (secondary N) is 1. The van der Waals surface area contributed by atoms with Crippen LogP contribution in [0, 0.1) is 12.7 Å². The van der Waals surface area contributed by atoms with Gasteiger partial charge in [-0.15, -0.1) is 11.3 Å². The van der Waals surface area contributed by atoms with E-state index in [1.807, 2.05) is 6.92 Å². The van der Waals surface area contributed by atoms with Gasteiger partial charge in [0.25, 0.3) is 5.91 Å². The number of methoxy groups -OCH3 is 1. The Bertz CT molecular complexity index is 666. The van der Waals surface area contributed by atoms with E-state index in [1.54, 1.807) is 6.07 Å². The highest BCUT2D eigenvalue weighted by Crippen LogP contribution is 2.28. The van der Waals surface area contributed by atoms with Crippen LogP contribution in [0.3, 0.4) is 0 Å². The average molecular weight is 293 g/mol. The maximum absolute atomic E-state index is 13.1. The van der Waals surface area contributed by atoms with E-state index in [9.17, 15) is 14.0 Å².